The van der Waals surface area contributed by atoms with Crippen LogP contribution in [0, 0.1) is 12.8 Å². The second-order valence-corrected chi connectivity index (χ2v) is 8.06. The molecule has 2 aliphatic rings. The number of nitrogens with zero attached hydrogens (tertiary/aromatic N) is 3. The summed E-state index contributed by atoms with van der Waals surface area (Å²) in [4.78, 5) is 19.0. The minimum atomic E-state index is -0.0275. The van der Waals surface area contributed by atoms with Crippen LogP contribution in [0.3, 0.4) is 0 Å². The number of nitrogens with one attached hydrogen (secondary N) is 2. The van der Waals surface area contributed by atoms with Gasteiger partial charge in [0, 0.05) is 54.3 Å². The number of aromatic amines is 1. The molecule has 2 aromatic heterocycles. The summed E-state index contributed by atoms with van der Waals surface area (Å²) in [6, 6.07) is 8.31. The minimum absolute atomic E-state index is 0.0275. The van der Waals surface area contributed by atoms with E-state index in [0.717, 1.165) is 65.2 Å². The van der Waals surface area contributed by atoms with Gasteiger partial charge in [-0.1, -0.05) is 0 Å². The third kappa shape index (κ3) is 3.25. The summed E-state index contributed by atoms with van der Waals surface area (Å²) in [6.07, 6.45) is 3.81. The molecule has 1 aromatic carbocycles. The van der Waals surface area contributed by atoms with Gasteiger partial charge in [-0.2, -0.15) is 5.10 Å². The minimum Gasteiger partial charge on any atom is -0.381 e. The number of amides is 2. The summed E-state index contributed by atoms with van der Waals surface area (Å²) in [5.74, 6) is 0.476. The van der Waals surface area contributed by atoms with E-state index in [-0.39, 0.29) is 12.1 Å². The van der Waals surface area contributed by atoms with Crippen molar-refractivity contribution < 1.29 is 9.53 Å². The molecule has 0 bridgehead atoms. The number of urea groups is 1. The van der Waals surface area contributed by atoms with E-state index in [1.165, 1.54) is 0 Å². The summed E-state index contributed by atoms with van der Waals surface area (Å²) in [6.45, 7) is 6.31. The van der Waals surface area contributed by atoms with E-state index in [4.69, 9.17) is 4.74 Å². The SMILES string of the molecule is Cc1cc(-c2n[nH]c3cc4c(cc23)CN(C(C)C2CCOCC2)C(=O)N4)ccn1. The summed E-state index contributed by atoms with van der Waals surface area (Å²) < 4.78 is 5.49. The monoisotopic (exact) mass is 391 g/mol. The van der Waals surface area contributed by atoms with Crippen molar-refractivity contribution in [3.63, 3.8) is 0 Å². The smallest absolute Gasteiger partial charge is 0.322 e. The van der Waals surface area contributed by atoms with Crippen LogP contribution in [0.5, 0.6) is 0 Å². The van der Waals surface area contributed by atoms with Crippen LogP contribution in [0.1, 0.15) is 31.0 Å². The van der Waals surface area contributed by atoms with Gasteiger partial charge < -0.3 is 15.0 Å². The fourth-order valence-electron chi connectivity index (χ4n) is 4.49. The average molecular weight is 391 g/mol. The molecule has 1 saturated heterocycles. The molecule has 3 aromatic rings. The topological polar surface area (TPSA) is 83.1 Å². The Hall–Kier alpha value is -2.93. The van der Waals surface area contributed by atoms with Crippen molar-refractivity contribution in [2.75, 3.05) is 18.5 Å². The van der Waals surface area contributed by atoms with Crippen LogP contribution in [0.25, 0.3) is 22.2 Å². The average Bonchev–Trinajstić information content (AvgIpc) is 3.14. The highest BCUT2D eigenvalue weighted by Gasteiger charge is 2.32. The zero-order valence-electron chi connectivity index (χ0n) is 16.7. The highest BCUT2D eigenvalue weighted by atomic mass is 16.5. The van der Waals surface area contributed by atoms with Gasteiger partial charge in [0.2, 0.25) is 0 Å². The predicted molar refractivity (Wildman–Crippen MR) is 112 cm³/mol. The van der Waals surface area contributed by atoms with E-state index in [2.05, 4.69) is 33.5 Å². The molecule has 2 N–H and O–H groups in total. The van der Waals surface area contributed by atoms with Crippen LogP contribution in [0.4, 0.5) is 10.5 Å². The second-order valence-electron chi connectivity index (χ2n) is 8.06. The van der Waals surface area contributed by atoms with Crippen LogP contribution in [-0.2, 0) is 11.3 Å². The molecule has 0 saturated carbocycles. The number of ether oxygens (including phenoxy) is 1. The maximum atomic E-state index is 12.8. The Morgan fingerprint density at radius 2 is 2.07 bits per heavy atom. The molecule has 0 spiro atoms. The molecule has 0 radical (unpaired) electrons. The number of aryl methyl sites for hydroxylation is 1. The van der Waals surface area contributed by atoms with Crippen LogP contribution in [0.2, 0.25) is 0 Å². The number of hydrogen-bond donors (Lipinski definition) is 2. The van der Waals surface area contributed by atoms with E-state index in [1.54, 1.807) is 6.20 Å². The number of H-pyrrole nitrogens is 1. The summed E-state index contributed by atoms with van der Waals surface area (Å²) in [7, 11) is 0. The van der Waals surface area contributed by atoms with Crippen molar-refractivity contribution in [2.24, 2.45) is 5.92 Å². The summed E-state index contributed by atoms with van der Waals surface area (Å²) in [5, 5.41) is 11.8. The van der Waals surface area contributed by atoms with Crippen molar-refractivity contribution in [1.82, 2.24) is 20.1 Å². The van der Waals surface area contributed by atoms with Gasteiger partial charge in [-0.25, -0.2) is 4.79 Å². The maximum absolute atomic E-state index is 12.8. The first-order valence-corrected chi connectivity index (χ1v) is 10.2. The Balaban J connectivity index is 1.49. The van der Waals surface area contributed by atoms with Gasteiger partial charge in [-0.15, -0.1) is 0 Å². The first kappa shape index (κ1) is 18.1. The number of anilines is 1. The van der Waals surface area contributed by atoms with Crippen LogP contribution >= 0.6 is 0 Å². The van der Waals surface area contributed by atoms with E-state index in [0.29, 0.717) is 12.5 Å². The zero-order chi connectivity index (χ0) is 20.0. The van der Waals surface area contributed by atoms with Crippen molar-refractivity contribution in [3.05, 3.63) is 41.7 Å². The standard InChI is InChI=1S/C22H25N5O2/c1-13-9-16(3-6-23-13)21-18-10-17-12-27(14(2)15-4-7-29-8-5-15)22(28)24-19(17)11-20(18)25-26-21/h3,6,9-11,14-15H,4-5,7-8,12H2,1-2H3,(H,24,28)(H,25,26). The lowest BCUT2D eigenvalue weighted by molar-refractivity contribution is 0.0375. The molecule has 1 fully saturated rings. The number of fused-ring (bicyclic) bond motifs is 2. The molecule has 0 aliphatic carbocycles. The normalized spacial score (nSPS) is 18.6. The lowest BCUT2D eigenvalue weighted by atomic mass is 9.91. The molecule has 7 heteroatoms. The number of aromatic nitrogens is 3. The van der Waals surface area contributed by atoms with Crippen molar-refractivity contribution in [3.8, 4) is 11.3 Å². The van der Waals surface area contributed by atoms with Crippen LogP contribution in [-0.4, -0.2) is 45.4 Å². The predicted octanol–water partition coefficient (Wildman–Crippen LogP) is 4.10. The largest absolute Gasteiger partial charge is 0.381 e. The second kappa shape index (κ2) is 7.15. The Labute approximate surface area is 169 Å². The van der Waals surface area contributed by atoms with Gasteiger partial charge >= 0.3 is 6.03 Å². The maximum Gasteiger partial charge on any atom is 0.322 e. The van der Waals surface area contributed by atoms with Gasteiger partial charge in [-0.3, -0.25) is 10.1 Å². The highest BCUT2D eigenvalue weighted by Crippen LogP contribution is 2.35. The molecule has 2 aliphatic heterocycles. The molecule has 29 heavy (non-hydrogen) atoms. The number of pyridine rings is 1. The Morgan fingerprint density at radius 3 is 2.86 bits per heavy atom. The molecule has 7 nitrogen and oxygen atoms in total. The first-order valence-electron chi connectivity index (χ1n) is 10.2. The van der Waals surface area contributed by atoms with E-state index in [9.17, 15) is 4.79 Å². The lowest BCUT2D eigenvalue weighted by Crippen LogP contribution is -2.48. The quantitative estimate of drug-likeness (QED) is 0.704. The summed E-state index contributed by atoms with van der Waals surface area (Å²) in [5.41, 5.74) is 5.80. The van der Waals surface area contributed by atoms with E-state index >= 15 is 0 Å². The third-order valence-corrected chi connectivity index (χ3v) is 6.24. The van der Waals surface area contributed by atoms with Crippen LogP contribution < -0.4 is 5.32 Å². The Morgan fingerprint density at radius 1 is 1.24 bits per heavy atom. The van der Waals surface area contributed by atoms with Crippen molar-refractivity contribution in [1.29, 1.82) is 0 Å². The van der Waals surface area contributed by atoms with E-state index in [1.807, 2.05) is 30.0 Å². The van der Waals surface area contributed by atoms with E-state index < -0.39 is 0 Å². The molecule has 5 rings (SSSR count). The zero-order valence-corrected chi connectivity index (χ0v) is 16.7. The number of benzene rings is 1. The fraction of sp³-hybridized carbons (Fsp3) is 0.409. The number of hydrogen-bond acceptors (Lipinski definition) is 4. The van der Waals surface area contributed by atoms with Gasteiger partial charge in [0.05, 0.1) is 5.52 Å². The number of rotatable bonds is 3. The number of carbonyl (C=O) groups excluding carboxylic acids is 1. The third-order valence-electron chi connectivity index (χ3n) is 6.24. The first-order chi connectivity index (χ1) is 14.1. The van der Waals surface area contributed by atoms with Gasteiger partial charge in [0.25, 0.3) is 0 Å². The Bertz CT molecular complexity index is 1070. The summed E-state index contributed by atoms with van der Waals surface area (Å²) >= 11 is 0. The van der Waals surface area contributed by atoms with Gasteiger partial charge in [-0.05, 0) is 62.4 Å². The molecule has 2 amide bonds. The molecule has 1 atom stereocenters. The van der Waals surface area contributed by atoms with Gasteiger partial charge in [0.1, 0.15) is 5.69 Å². The fourth-order valence-corrected chi connectivity index (χ4v) is 4.49. The van der Waals surface area contributed by atoms with Crippen molar-refractivity contribution >= 4 is 22.6 Å². The molecular formula is C22H25N5O2. The van der Waals surface area contributed by atoms with Crippen molar-refractivity contribution in [2.45, 2.75) is 39.3 Å². The molecule has 4 heterocycles. The lowest BCUT2D eigenvalue weighted by Gasteiger charge is -2.39. The highest BCUT2D eigenvalue weighted by molar-refractivity contribution is 6.00. The number of carbonyl (C=O) groups is 1. The van der Waals surface area contributed by atoms with Crippen LogP contribution in [0.15, 0.2) is 30.5 Å². The molecule has 1 unspecified atom stereocenters. The Kier molecular flexibility index (Phi) is 4.47. The molecule has 150 valence electrons. The molecular weight excluding hydrogens is 366 g/mol. The van der Waals surface area contributed by atoms with Gasteiger partial charge in [0.15, 0.2) is 0 Å².